The second-order valence-corrected chi connectivity index (χ2v) is 9.76. The van der Waals surface area contributed by atoms with Crippen molar-refractivity contribution in [2.24, 2.45) is 0 Å². The topological polar surface area (TPSA) is 51.5 Å². The zero-order valence-corrected chi connectivity index (χ0v) is 22.9. The lowest BCUT2D eigenvalue weighted by molar-refractivity contribution is -0.0785. The first kappa shape index (κ1) is 29.6. The minimum atomic E-state index is -0.755. The van der Waals surface area contributed by atoms with Gasteiger partial charge in [0.15, 0.2) is 0 Å². The smallest absolute Gasteiger partial charge is 0.143 e. The Morgan fingerprint density at radius 1 is 0.632 bits per heavy atom. The van der Waals surface area contributed by atoms with Gasteiger partial charge in [0.1, 0.15) is 11.7 Å². The molecule has 3 aromatic carbocycles. The molecule has 0 bridgehead atoms. The van der Waals surface area contributed by atoms with Gasteiger partial charge in [0.05, 0.1) is 19.3 Å². The largest absolute Gasteiger partial charge is 0.379 e. The Morgan fingerprint density at radius 3 is 1.53 bits per heavy atom. The summed E-state index contributed by atoms with van der Waals surface area (Å²) in [7, 11) is 1.73. The molecule has 0 aromatic heterocycles. The summed E-state index contributed by atoms with van der Waals surface area (Å²) in [4.78, 5) is 0. The highest BCUT2D eigenvalue weighted by molar-refractivity contribution is 5.47. The fourth-order valence-electron chi connectivity index (χ4n) is 4.85. The molecule has 0 amide bonds. The maximum Gasteiger partial charge on any atom is 0.143 e. The molecule has 4 heteroatoms. The van der Waals surface area contributed by atoms with Gasteiger partial charge in [-0.25, -0.2) is 0 Å². The summed E-state index contributed by atoms with van der Waals surface area (Å²) >= 11 is 0. The van der Waals surface area contributed by atoms with E-state index >= 15 is 0 Å². The van der Waals surface area contributed by atoms with Crippen molar-refractivity contribution >= 4 is 0 Å². The second-order valence-electron chi connectivity index (χ2n) is 9.76. The highest BCUT2D eigenvalue weighted by Crippen LogP contribution is 2.40. The minimum absolute atomic E-state index is 0.168. The summed E-state index contributed by atoms with van der Waals surface area (Å²) in [5.74, 6) is 0. The van der Waals surface area contributed by atoms with Gasteiger partial charge in [0.2, 0.25) is 0 Å². The highest BCUT2D eigenvalue weighted by Gasteiger charge is 2.38. The van der Waals surface area contributed by atoms with Gasteiger partial charge in [0.25, 0.3) is 0 Å². The number of hydrogen-bond acceptors (Lipinski definition) is 4. The van der Waals surface area contributed by atoms with E-state index in [1.54, 1.807) is 7.11 Å². The van der Waals surface area contributed by atoms with Gasteiger partial charge >= 0.3 is 0 Å². The van der Waals surface area contributed by atoms with Gasteiger partial charge in [-0.05, 0) is 29.5 Å². The summed E-state index contributed by atoms with van der Waals surface area (Å²) < 4.78 is 18.7. The van der Waals surface area contributed by atoms with Crippen molar-refractivity contribution < 1.29 is 14.2 Å². The van der Waals surface area contributed by atoms with Crippen LogP contribution in [0.25, 0.3) is 0 Å². The molecule has 0 saturated heterocycles. The van der Waals surface area contributed by atoms with Crippen LogP contribution in [0.15, 0.2) is 91.0 Å². The molecule has 3 aromatic rings. The lowest BCUT2D eigenvalue weighted by Crippen LogP contribution is -2.37. The van der Waals surface area contributed by atoms with Crippen LogP contribution in [-0.2, 0) is 19.8 Å². The molecule has 4 nitrogen and oxygen atoms in total. The van der Waals surface area contributed by atoms with Gasteiger partial charge in [-0.3, -0.25) is 0 Å². The zero-order valence-electron chi connectivity index (χ0n) is 22.9. The number of rotatable bonds is 19. The maximum absolute atomic E-state index is 8.59. The molecule has 0 spiro atoms. The summed E-state index contributed by atoms with van der Waals surface area (Å²) in [6.07, 6.45) is 10.0. The van der Waals surface area contributed by atoms with Crippen LogP contribution >= 0.6 is 0 Å². The van der Waals surface area contributed by atoms with Crippen LogP contribution < -0.4 is 0 Å². The lowest BCUT2D eigenvalue weighted by atomic mass is 9.80. The molecule has 0 aliphatic heterocycles. The number of ether oxygens (including phenoxy) is 3. The second kappa shape index (κ2) is 17.5. The van der Waals surface area contributed by atoms with Crippen LogP contribution in [0.1, 0.15) is 74.5 Å². The van der Waals surface area contributed by atoms with E-state index in [1.807, 2.05) is 18.2 Å². The quantitative estimate of drug-likeness (QED) is 0.120. The fourth-order valence-corrected chi connectivity index (χ4v) is 4.85. The van der Waals surface area contributed by atoms with Crippen molar-refractivity contribution in [3.8, 4) is 6.07 Å². The van der Waals surface area contributed by atoms with Crippen LogP contribution in [-0.4, -0.2) is 33.0 Å². The van der Waals surface area contributed by atoms with Crippen LogP contribution in [0.5, 0.6) is 0 Å². The third-order valence-electron chi connectivity index (χ3n) is 6.99. The minimum Gasteiger partial charge on any atom is -0.379 e. The van der Waals surface area contributed by atoms with Crippen LogP contribution in [0.4, 0.5) is 0 Å². The molecular weight excluding hydrogens is 470 g/mol. The number of benzene rings is 3. The molecule has 202 valence electrons. The Bertz CT molecular complexity index is 937. The summed E-state index contributed by atoms with van der Waals surface area (Å²) in [5, 5.41) is 8.59. The fraction of sp³-hybridized carbons (Fsp3) is 0.441. The number of hydrogen-bond donors (Lipinski definition) is 0. The number of nitriles is 1. The van der Waals surface area contributed by atoms with Crippen molar-refractivity contribution in [2.45, 2.75) is 69.5 Å². The van der Waals surface area contributed by atoms with Crippen molar-refractivity contribution in [1.29, 1.82) is 5.26 Å². The Kier molecular flexibility index (Phi) is 13.6. The van der Waals surface area contributed by atoms with Crippen molar-refractivity contribution in [3.05, 3.63) is 108 Å². The summed E-state index contributed by atoms with van der Waals surface area (Å²) in [6.45, 7) is 1.65. The van der Waals surface area contributed by atoms with E-state index in [2.05, 4.69) is 78.9 Å². The van der Waals surface area contributed by atoms with E-state index < -0.39 is 5.60 Å². The Labute approximate surface area is 229 Å². The van der Waals surface area contributed by atoms with Crippen molar-refractivity contribution in [1.82, 2.24) is 0 Å². The van der Waals surface area contributed by atoms with Gasteiger partial charge in [-0.15, -0.1) is 0 Å². The molecule has 0 N–H and O–H groups in total. The molecule has 0 radical (unpaired) electrons. The molecule has 3 rings (SSSR count). The standard InChI is InChI=1S/C34H43NO3/c1-36-33(28-37-27-19-8-6-4-2-3-5-7-18-26-35)29-38-34(30-20-12-9-13-21-30,31-22-14-10-15-23-31)32-24-16-11-17-25-32/h9-17,20-25,33H,2-8,18-19,27-29H2,1H3. The van der Waals surface area contributed by atoms with Crippen LogP contribution in [0.2, 0.25) is 0 Å². The predicted molar refractivity (Wildman–Crippen MR) is 154 cm³/mol. The van der Waals surface area contributed by atoms with E-state index in [0.29, 0.717) is 19.6 Å². The van der Waals surface area contributed by atoms with Crippen molar-refractivity contribution in [3.63, 3.8) is 0 Å². The molecule has 1 atom stereocenters. The first-order valence-electron chi connectivity index (χ1n) is 14.1. The predicted octanol–water partition coefficient (Wildman–Crippen LogP) is 8.06. The van der Waals surface area contributed by atoms with Gasteiger partial charge in [-0.1, -0.05) is 130 Å². The third kappa shape index (κ3) is 9.10. The maximum atomic E-state index is 8.59. The first-order chi connectivity index (χ1) is 18.8. The van der Waals surface area contributed by atoms with Gasteiger partial charge in [0, 0.05) is 20.1 Å². The Hall–Kier alpha value is -2.97. The van der Waals surface area contributed by atoms with Gasteiger partial charge in [-0.2, -0.15) is 5.26 Å². The Morgan fingerprint density at radius 2 is 1.08 bits per heavy atom. The van der Waals surface area contributed by atoms with Crippen LogP contribution in [0, 0.1) is 11.3 Å². The third-order valence-corrected chi connectivity index (χ3v) is 6.99. The normalized spacial score (nSPS) is 12.2. The highest BCUT2D eigenvalue weighted by atomic mass is 16.6. The van der Waals surface area contributed by atoms with E-state index in [1.165, 1.54) is 38.5 Å². The molecule has 0 heterocycles. The Balaban J connectivity index is 1.54. The summed E-state index contributed by atoms with van der Waals surface area (Å²) in [6, 6.07) is 33.5. The van der Waals surface area contributed by atoms with E-state index in [0.717, 1.165) is 36.1 Å². The molecule has 0 fully saturated rings. The SMILES string of the molecule is COC(COCCCCCCCCCCC#N)COC(c1ccccc1)(c1ccccc1)c1ccccc1. The lowest BCUT2D eigenvalue weighted by Gasteiger charge is -2.37. The van der Waals surface area contributed by atoms with E-state index in [4.69, 9.17) is 19.5 Å². The van der Waals surface area contributed by atoms with E-state index in [-0.39, 0.29) is 6.10 Å². The van der Waals surface area contributed by atoms with E-state index in [9.17, 15) is 0 Å². The molecule has 0 aliphatic carbocycles. The van der Waals surface area contributed by atoms with Gasteiger partial charge < -0.3 is 14.2 Å². The summed E-state index contributed by atoms with van der Waals surface area (Å²) in [5.41, 5.74) is 2.49. The number of methoxy groups -OCH3 is 1. The molecule has 0 aliphatic rings. The van der Waals surface area contributed by atoms with Crippen LogP contribution in [0.3, 0.4) is 0 Å². The average Bonchev–Trinajstić information content (AvgIpc) is 2.98. The molecule has 1 unspecified atom stereocenters. The average molecular weight is 514 g/mol. The van der Waals surface area contributed by atoms with Crippen molar-refractivity contribution in [2.75, 3.05) is 26.9 Å². The number of unbranched alkanes of at least 4 members (excludes halogenated alkanes) is 8. The monoisotopic (exact) mass is 513 g/mol. The zero-order chi connectivity index (χ0) is 26.7. The molecule has 38 heavy (non-hydrogen) atoms. The first-order valence-corrected chi connectivity index (χ1v) is 14.1. The molecular formula is C34H43NO3. The number of nitrogens with zero attached hydrogens (tertiary/aromatic N) is 1. The molecule has 0 saturated carbocycles.